The van der Waals surface area contributed by atoms with Gasteiger partial charge in [0, 0.05) is 17.5 Å². The number of nitrogens with zero attached hydrogens (tertiary/aromatic N) is 1. The Labute approximate surface area is 155 Å². The number of hydrogen-bond acceptors (Lipinski definition) is 4. The first-order chi connectivity index (χ1) is 12.4. The van der Waals surface area contributed by atoms with Crippen LogP contribution in [0, 0.1) is 0 Å². The summed E-state index contributed by atoms with van der Waals surface area (Å²) < 4.78 is 65.4. The van der Waals surface area contributed by atoms with Crippen molar-refractivity contribution in [2.24, 2.45) is 0 Å². The van der Waals surface area contributed by atoms with Gasteiger partial charge in [-0.25, -0.2) is 0 Å². The summed E-state index contributed by atoms with van der Waals surface area (Å²) >= 11 is 0. The van der Waals surface area contributed by atoms with Gasteiger partial charge in [-0.05, 0) is 45.2 Å². The van der Waals surface area contributed by atoms with Crippen molar-refractivity contribution in [3.63, 3.8) is 0 Å². The lowest BCUT2D eigenvalue weighted by molar-refractivity contribution is -0.0499. The van der Waals surface area contributed by atoms with Gasteiger partial charge in [0.1, 0.15) is 0 Å². The molecule has 0 aliphatic carbocycles. The van der Waals surface area contributed by atoms with E-state index in [0.29, 0.717) is 5.39 Å². The minimum Gasteiger partial charge on any atom is -0.375 e. The Morgan fingerprint density at radius 2 is 1.52 bits per heavy atom. The summed E-state index contributed by atoms with van der Waals surface area (Å²) in [6.07, 6.45) is 0. The second kappa shape index (κ2) is 7.38. The van der Waals surface area contributed by atoms with E-state index >= 15 is 0 Å². The number of carbonyl (C=O) groups excluding carboxylic acids is 1. The third kappa shape index (κ3) is 4.18. The summed E-state index contributed by atoms with van der Waals surface area (Å²) in [6, 6.07) is 8.27. The zero-order valence-electron chi connectivity index (χ0n) is 15.2. The molecule has 0 spiro atoms. The molecule has 1 amide bonds. The molecule has 9 heteroatoms. The molecular formula is C18H20F3NO4S. The van der Waals surface area contributed by atoms with Crippen molar-refractivity contribution in [1.82, 2.24) is 4.90 Å². The van der Waals surface area contributed by atoms with Crippen LogP contribution < -0.4 is 4.18 Å². The normalized spacial score (nSPS) is 12.6. The van der Waals surface area contributed by atoms with E-state index in [1.165, 1.54) is 12.1 Å². The van der Waals surface area contributed by atoms with Crippen LogP contribution >= 0.6 is 0 Å². The Bertz CT molecular complexity index is 939. The fourth-order valence-electron chi connectivity index (χ4n) is 2.92. The fraction of sp³-hybridized carbons (Fsp3) is 0.389. The van der Waals surface area contributed by atoms with Crippen LogP contribution in [0.1, 0.15) is 38.1 Å². The summed E-state index contributed by atoms with van der Waals surface area (Å²) in [6.45, 7) is 7.26. The van der Waals surface area contributed by atoms with Crippen LogP contribution in [0.2, 0.25) is 0 Å². The van der Waals surface area contributed by atoms with Gasteiger partial charge in [-0.3, -0.25) is 4.79 Å². The van der Waals surface area contributed by atoms with Crippen molar-refractivity contribution in [2.75, 3.05) is 0 Å². The zero-order valence-corrected chi connectivity index (χ0v) is 16.1. The first kappa shape index (κ1) is 21.0. The molecule has 148 valence electrons. The van der Waals surface area contributed by atoms with Gasteiger partial charge < -0.3 is 9.08 Å². The van der Waals surface area contributed by atoms with Gasteiger partial charge in [0.05, 0.1) is 5.56 Å². The lowest BCUT2D eigenvalue weighted by atomic mass is 10.0. The molecule has 0 saturated heterocycles. The first-order valence-electron chi connectivity index (χ1n) is 8.22. The molecule has 2 aromatic carbocycles. The van der Waals surface area contributed by atoms with Gasteiger partial charge in [-0.15, -0.1) is 0 Å². The Balaban J connectivity index is 2.68. The number of halogens is 3. The SMILES string of the molecule is CC(C)N(C(=O)c1cccc2cccc(OS(=O)(=O)C(F)(F)F)c12)C(C)C. The van der Waals surface area contributed by atoms with Crippen molar-refractivity contribution >= 4 is 26.8 Å². The van der Waals surface area contributed by atoms with Crippen molar-refractivity contribution in [3.8, 4) is 5.75 Å². The molecular weight excluding hydrogens is 383 g/mol. The highest BCUT2D eigenvalue weighted by Gasteiger charge is 2.48. The summed E-state index contributed by atoms with van der Waals surface area (Å²) in [5.41, 5.74) is -5.50. The van der Waals surface area contributed by atoms with Crippen LogP contribution in [0.5, 0.6) is 5.75 Å². The molecule has 0 aliphatic heterocycles. The molecule has 0 heterocycles. The lowest BCUT2D eigenvalue weighted by Crippen LogP contribution is -2.42. The summed E-state index contributed by atoms with van der Waals surface area (Å²) in [5, 5.41) is 0.410. The Hall–Kier alpha value is -2.29. The average molecular weight is 403 g/mol. The van der Waals surface area contributed by atoms with Crippen molar-refractivity contribution in [2.45, 2.75) is 45.3 Å². The number of fused-ring (bicyclic) bond motifs is 1. The number of alkyl halides is 3. The Kier molecular flexibility index (Phi) is 5.74. The fourth-order valence-corrected chi connectivity index (χ4v) is 3.39. The van der Waals surface area contributed by atoms with E-state index in [1.807, 2.05) is 27.7 Å². The maximum Gasteiger partial charge on any atom is 0.534 e. The highest BCUT2D eigenvalue weighted by Crippen LogP contribution is 2.34. The minimum absolute atomic E-state index is 0.0177. The molecule has 0 saturated carbocycles. The number of amides is 1. The maximum absolute atomic E-state index is 13.1. The topological polar surface area (TPSA) is 63.7 Å². The van der Waals surface area contributed by atoms with E-state index < -0.39 is 27.3 Å². The van der Waals surface area contributed by atoms with Crippen molar-refractivity contribution in [1.29, 1.82) is 0 Å². The smallest absolute Gasteiger partial charge is 0.375 e. The minimum atomic E-state index is -5.86. The number of hydrogen-bond donors (Lipinski definition) is 0. The van der Waals surface area contributed by atoms with Gasteiger partial charge in [-0.1, -0.05) is 24.3 Å². The molecule has 2 aromatic rings. The predicted molar refractivity (Wildman–Crippen MR) is 96.0 cm³/mol. The molecule has 0 bridgehead atoms. The van der Waals surface area contributed by atoms with Crippen LogP contribution in [-0.2, 0) is 10.1 Å². The highest BCUT2D eigenvalue weighted by atomic mass is 32.2. The van der Waals surface area contributed by atoms with Gasteiger partial charge in [-0.2, -0.15) is 21.6 Å². The van der Waals surface area contributed by atoms with Crippen LogP contribution in [-0.4, -0.2) is 36.8 Å². The quantitative estimate of drug-likeness (QED) is 0.551. The molecule has 0 atom stereocenters. The number of carbonyl (C=O) groups is 1. The summed E-state index contributed by atoms with van der Waals surface area (Å²) in [7, 11) is -5.86. The number of benzene rings is 2. The van der Waals surface area contributed by atoms with Crippen LogP contribution in [0.25, 0.3) is 10.8 Å². The molecule has 0 fully saturated rings. The van der Waals surface area contributed by atoms with E-state index in [2.05, 4.69) is 4.18 Å². The maximum atomic E-state index is 13.1. The Morgan fingerprint density at radius 3 is 2.00 bits per heavy atom. The molecule has 2 rings (SSSR count). The first-order valence-corrected chi connectivity index (χ1v) is 9.63. The molecule has 0 N–H and O–H groups in total. The van der Waals surface area contributed by atoms with Gasteiger partial charge in [0.25, 0.3) is 5.91 Å². The summed E-state index contributed by atoms with van der Waals surface area (Å²) in [4.78, 5) is 14.6. The molecule has 0 unspecified atom stereocenters. The van der Waals surface area contributed by atoms with E-state index in [0.717, 1.165) is 6.07 Å². The standard InChI is InChI=1S/C18H20F3NO4S/c1-11(2)22(12(3)4)17(23)14-9-5-7-13-8-6-10-15(16(13)14)26-27(24,25)18(19,20)21/h5-12H,1-4H3. The second-order valence-electron chi connectivity index (χ2n) is 6.54. The second-order valence-corrected chi connectivity index (χ2v) is 8.08. The highest BCUT2D eigenvalue weighted by molar-refractivity contribution is 7.88. The molecule has 0 aliphatic rings. The molecule has 5 nitrogen and oxygen atoms in total. The molecule has 0 radical (unpaired) electrons. The van der Waals surface area contributed by atoms with E-state index in [-0.39, 0.29) is 23.0 Å². The van der Waals surface area contributed by atoms with Crippen molar-refractivity contribution < 1.29 is 30.6 Å². The van der Waals surface area contributed by atoms with Crippen molar-refractivity contribution in [3.05, 3.63) is 42.0 Å². The van der Waals surface area contributed by atoms with E-state index in [4.69, 9.17) is 0 Å². The zero-order chi connectivity index (χ0) is 20.6. The predicted octanol–water partition coefficient (Wildman–Crippen LogP) is 4.33. The van der Waals surface area contributed by atoms with E-state index in [1.54, 1.807) is 23.1 Å². The lowest BCUT2D eigenvalue weighted by Gasteiger charge is -2.31. The summed E-state index contributed by atoms with van der Waals surface area (Å²) in [5.74, 6) is -0.965. The van der Waals surface area contributed by atoms with Crippen LogP contribution in [0.3, 0.4) is 0 Å². The third-order valence-electron chi connectivity index (χ3n) is 3.93. The van der Waals surface area contributed by atoms with Crippen LogP contribution in [0.4, 0.5) is 13.2 Å². The average Bonchev–Trinajstić information content (AvgIpc) is 2.52. The monoisotopic (exact) mass is 403 g/mol. The van der Waals surface area contributed by atoms with Crippen LogP contribution in [0.15, 0.2) is 36.4 Å². The van der Waals surface area contributed by atoms with Gasteiger partial charge in [0.2, 0.25) is 0 Å². The number of rotatable bonds is 5. The largest absolute Gasteiger partial charge is 0.534 e. The Morgan fingerprint density at radius 1 is 1.00 bits per heavy atom. The molecule has 27 heavy (non-hydrogen) atoms. The molecule has 0 aromatic heterocycles. The van der Waals surface area contributed by atoms with Gasteiger partial charge in [0.15, 0.2) is 5.75 Å². The van der Waals surface area contributed by atoms with Gasteiger partial charge >= 0.3 is 15.6 Å². The third-order valence-corrected chi connectivity index (χ3v) is 4.89. The van der Waals surface area contributed by atoms with E-state index in [9.17, 15) is 26.4 Å².